The van der Waals surface area contributed by atoms with E-state index in [0.29, 0.717) is 52.7 Å². The van der Waals surface area contributed by atoms with Gasteiger partial charge in [-0.1, -0.05) is 55.8 Å². The Bertz CT molecular complexity index is 1500. The zero-order valence-corrected chi connectivity index (χ0v) is 28.6. The summed E-state index contributed by atoms with van der Waals surface area (Å²) in [5.74, 6) is 4.74. The Morgan fingerprint density at radius 2 is 1.95 bits per heavy atom. The van der Waals surface area contributed by atoms with Gasteiger partial charge in [-0.3, -0.25) is 4.79 Å². The van der Waals surface area contributed by atoms with Crippen LogP contribution in [0.4, 0.5) is 0 Å². The predicted molar refractivity (Wildman–Crippen MR) is 172 cm³/mol. The number of Topliss-reactive ketones (excluding diaryl/α,β-unsaturated/α-hetero) is 1. The smallest absolute Gasteiger partial charge is 0.244 e. The highest BCUT2D eigenvalue weighted by atomic mass is 79.9. The van der Waals surface area contributed by atoms with Crippen LogP contribution in [0.3, 0.4) is 0 Å². The quantitative estimate of drug-likeness (QED) is 0.246. The molecule has 5 aliphatic carbocycles. The van der Waals surface area contributed by atoms with Crippen molar-refractivity contribution in [1.29, 1.82) is 0 Å². The zero-order valence-electron chi connectivity index (χ0n) is 27.0. The number of halogens is 1. The van der Waals surface area contributed by atoms with Crippen LogP contribution in [0.25, 0.3) is 0 Å². The third-order valence-corrected chi connectivity index (χ3v) is 15.9. The molecule has 7 fully saturated rings. The number of rotatable bonds is 4. The van der Waals surface area contributed by atoms with Crippen molar-refractivity contribution in [2.45, 2.75) is 110 Å². The lowest BCUT2D eigenvalue weighted by Gasteiger charge is -2.60. The van der Waals surface area contributed by atoms with Gasteiger partial charge in [-0.05, 0) is 110 Å². The molecule has 0 unspecified atom stereocenters. The van der Waals surface area contributed by atoms with Gasteiger partial charge in [0.25, 0.3) is 0 Å². The fourth-order valence-corrected chi connectivity index (χ4v) is 13.7. The van der Waals surface area contributed by atoms with Crippen LogP contribution in [0.1, 0.15) is 102 Å². The van der Waals surface area contributed by atoms with Crippen molar-refractivity contribution in [1.82, 2.24) is 4.57 Å². The first-order valence-electron chi connectivity index (χ1n) is 17.7. The first kappa shape index (κ1) is 28.7. The third-order valence-electron chi connectivity index (χ3n) is 15.4. The van der Waals surface area contributed by atoms with Gasteiger partial charge in [-0.15, -0.1) is 0 Å². The fraction of sp³-hybridized carbons (Fsp3) is 0.737. The number of benzene rings is 1. The second kappa shape index (κ2) is 9.53. The summed E-state index contributed by atoms with van der Waals surface area (Å²) in [5.41, 5.74) is 1.95. The number of hydrogen-bond donors (Lipinski definition) is 0. The number of imidazole rings is 1. The van der Waals surface area contributed by atoms with E-state index < -0.39 is 0 Å². The fourth-order valence-electron chi connectivity index (χ4n) is 13.3. The molecule has 13 atom stereocenters. The van der Waals surface area contributed by atoms with E-state index in [-0.39, 0.29) is 11.6 Å². The molecule has 2 aliphatic heterocycles. The lowest BCUT2D eigenvalue weighted by atomic mass is 9.44. The van der Waals surface area contributed by atoms with Crippen LogP contribution >= 0.6 is 15.9 Å². The number of hydrogen-bond acceptors (Lipinski definition) is 3. The lowest BCUT2D eigenvalue weighted by Crippen LogP contribution is -2.56. The maximum Gasteiger partial charge on any atom is 0.244 e. The van der Waals surface area contributed by atoms with Crippen LogP contribution in [0.15, 0.2) is 47.5 Å². The minimum absolute atomic E-state index is 0.162. The summed E-state index contributed by atoms with van der Waals surface area (Å²) >= 11 is 3.53. The van der Waals surface area contributed by atoms with Crippen LogP contribution in [-0.2, 0) is 16.0 Å². The largest absolute Gasteiger partial charge is 0.349 e. The molecule has 6 heteroatoms. The van der Waals surface area contributed by atoms with Gasteiger partial charge in [0.05, 0.1) is 12.7 Å². The second-order valence-corrected chi connectivity index (χ2v) is 17.9. The SMILES string of the molecule is C[C@@H]1CC[C@@]2(OC1)O[C@H]1C[C@H]3[C@@H]4C[C@H](n5cc[n+](CC(=O)c6cccc(Br)c6)c5)[C@]56C[C@H]5CC[C@]6(C)[C@H]4CC[C@]3(C)[C@H]1[C@@H]2C. The van der Waals surface area contributed by atoms with Crippen LogP contribution in [0.2, 0.25) is 0 Å². The Morgan fingerprint density at radius 1 is 1.09 bits per heavy atom. The van der Waals surface area contributed by atoms with E-state index in [9.17, 15) is 4.79 Å². The number of carbonyl (C=O) groups is 1. The molecule has 9 rings (SSSR count). The minimum Gasteiger partial charge on any atom is -0.349 e. The predicted octanol–water partition coefficient (Wildman–Crippen LogP) is 8.02. The van der Waals surface area contributed by atoms with E-state index in [2.05, 4.69) is 71.5 Å². The van der Waals surface area contributed by atoms with Crippen LogP contribution in [-0.4, -0.2) is 28.8 Å². The molecule has 44 heavy (non-hydrogen) atoms. The zero-order chi connectivity index (χ0) is 30.2. The molecular formula is C38H50BrN2O3+. The molecule has 1 aromatic heterocycles. The van der Waals surface area contributed by atoms with Crippen molar-refractivity contribution >= 4 is 21.7 Å². The Labute approximate surface area is 271 Å². The second-order valence-electron chi connectivity index (χ2n) is 17.0. The molecule has 3 heterocycles. The maximum absolute atomic E-state index is 13.2. The first-order chi connectivity index (χ1) is 21.1. The number of aromatic nitrogens is 2. The normalized spacial score (nSPS) is 50.1. The van der Waals surface area contributed by atoms with E-state index in [4.69, 9.17) is 9.47 Å². The molecule has 7 aliphatic rings. The van der Waals surface area contributed by atoms with Crippen molar-refractivity contribution < 1.29 is 18.8 Å². The summed E-state index contributed by atoms with van der Waals surface area (Å²) in [6.07, 6.45) is 18.8. The average Bonchev–Trinajstić information content (AvgIpc) is 3.23. The highest BCUT2D eigenvalue weighted by Gasteiger charge is 2.79. The average molecular weight is 663 g/mol. The summed E-state index contributed by atoms with van der Waals surface area (Å²) < 4.78 is 19.3. The van der Waals surface area contributed by atoms with Gasteiger partial charge in [0.1, 0.15) is 18.4 Å². The van der Waals surface area contributed by atoms with Gasteiger partial charge in [0, 0.05) is 27.8 Å². The number of ether oxygens (including phenoxy) is 2. The Balaban J connectivity index is 1.01. The monoisotopic (exact) mass is 661 g/mol. The van der Waals surface area contributed by atoms with Crippen molar-refractivity contribution in [3.8, 4) is 0 Å². The standard InChI is InChI=1S/C38H50BrN2O3/c1-23-8-13-38(43-21-23)24(2)34-32(44-38)18-30-28-17-33(37-19-26(37)9-12-36(37,4)29(28)10-11-35(30,34)3)41-15-14-40(22-41)20-31(42)25-6-5-7-27(39)16-25/h5-7,14-16,22-24,26,28-30,32-34H,8-13,17-21H2,1-4H3/q+1/t23-,24+,26-,28-,29+,30+,32+,33+,34+,35+,36-,37+,38-/m1/s1. The number of fused-ring (bicyclic) bond motifs is 6. The molecule has 1 aromatic carbocycles. The van der Waals surface area contributed by atoms with Crippen molar-refractivity contribution in [3.05, 3.63) is 53.0 Å². The van der Waals surface area contributed by atoms with Gasteiger partial charge >= 0.3 is 0 Å². The number of carbonyl (C=O) groups excluding carboxylic acids is 1. The topological polar surface area (TPSA) is 44.3 Å². The molecule has 0 amide bonds. The Morgan fingerprint density at radius 3 is 2.73 bits per heavy atom. The Hall–Kier alpha value is -1.50. The summed E-state index contributed by atoms with van der Waals surface area (Å²) in [6.45, 7) is 11.4. The molecule has 2 aromatic rings. The molecule has 5 nitrogen and oxygen atoms in total. The summed E-state index contributed by atoms with van der Waals surface area (Å²) in [5, 5.41) is 0. The summed E-state index contributed by atoms with van der Waals surface area (Å²) in [6, 6.07) is 8.31. The van der Waals surface area contributed by atoms with Gasteiger partial charge in [-0.2, -0.15) is 0 Å². The first-order valence-corrected chi connectivity index (χ1v) is 18.5. The Kier molecular flexibility index (Phi) is 6.22. The number of ketones is 1. The highest BCUT2D eigenvalue weighted by Crippen LogP contribution is 2.84. The van der Waals surface area contributed by atoms with E-state index in [1.54, 1.807) is 0 Å². The van der Waals surface area contributed by atoms with Gasteiger partial charge < -0.3 is 9.47 Å². The minimum atomic E-state index is -0.337. The van der Waals surface area contributed by atoms with Crippen LogP contribution in [0, 0.1) is 57.7 Å². The molecule has 236 valence electrons. The van der Waals surface area contributed by atoms with Gasteiger partial charge in [0.2, 0.25) is 12.1 Å². The lowest BCUT2D eigenvalue weighted by molar-refractivity contribution is -0.682. The van der Waals surface area contributed by atoms with Crippen molar-refractivity contribution in [2.24, 2.45) is 57.7 Å². The summed E-state index contributed by atoms with van der Waals surface area (Å²) in [7, 11) is 0. The van der Waals surface area contributed by atoms with Crippen molar-refractivity contribution in [3.63, 3.8) is 0 Å². The number of nitrogens with zero attached hydrogens (tertiary/aromatic N) is 2. The van der Waals surface area contributed by atoms with Crippen LogP contribution in [0.5, 0.6) is 0 Å². The van der Waals surface area contributed by atoms with E-state index in [0.717, 1.165) is 46.7 Å². The van der Waals surface area contributed by atoms with Crippen molar-refractivity contribution in [2.75, 3.05) is 6.61 Å². The highest BCUT2D eigenvalue weighted by molar-refractivity contribution is 9.10. The molecule has 0 bridgehead atoms. The van der Waals surface area contributed by atoms with E-state index in [1.807, 2.05) is 24.3 Å². The molecule has 5 saturated carbocycles. The maximum atomic E-state index is 13.2. The summed E-state index contributed by atoms with van der Waals surface area (Å²) in [4.78, 5) is 13.2. The van der Waals surface area contributed by atoms with E-state index in [1.165, 1.54) is 51.4 Å². The van der Waals surface area contributed by atoms with Crippen LogP contribution < -0.4 is 4.57 Å². The molecule has 0 radical (unpaired) electrons. The molecule has 2 spiro atoms. The third kappa shape index (κ3) is 3.71. The molecular weight excluding hydrogens is 612 g/mol. The molecule has 2 saturated heterocycles. The van der Waals surface area contributed by atoms with E-state index >= 15 is 0 Å². The van der Waals surface area contributed by atoms with Gasteiger partial charge in [0.15, 0.2) is 12.3 Å². The molecule has 0 N–H and O–H groups in total. The van der Waals surface area contributed by atoms with Gasteiger partial charge in [-0.25, -0.2) is 9.13 Å².